The van der Waals surface area contributed by atoms with Crippen LogP contribution in [0.5, 0.6) is 0 Å². The summed E-state index contributed by atoms with van der Waals surface area (Å²) in [5.41, 5.74) is 0. The van der Waals surface area contributed by atoms with Crippen molar-refractivity contribution in [2.24, 2.45) is 11.8 Å². The molecule has 17 nitrogen and oxygen atoms in total. The summed E-state index contributed by atoms with van der Waals surface area (Å²) < 4.78 is 68.8. The van der Waals surface area contributed by atoms with E-state index in [4.69, 9.17) is 37.0 Å². The van der Waals surface area contributed by atoms with Crippen LogP contribution in [0, 0.1) is 11.8 Å². The van der Waals surface area contributed by atoms with Gasteiger partial charge in [0.2, 0.25) is 0 Å². The molecule has 0 fully saturated rings. The van der Waals surface area contributed by atoms with Crippen molar-refractivity contribution >= 4 is 39.5 Å². The highest BCUT2D eigenvalue weighted by atomic mass is 31.2. The predicted octanol–water partition coefficient (Wildman–Crippen LogP) is 25.8. The molecule has 0 bridgehead atoms. The molecule has 0 aromatic carbocycles. The van der Waals surface area contributed by atoms with Gasteiger partial charge in [0.05, 0.1) is 26.4 Å². The van der Waals surface area contributed by atoms with Crippen LogP contribution in [0.4, 0.5) is 0 Å². The number of hydrogen-bond acceptors (Lipinski definition) is 15. The van der Waals surface area contributed by atoms with Crippen LogP contribution in [0.2, 0.25) is 0 Å². The van der Waals surface area contributed by atoms with E-state index < -0.39 is 97.5 Å². The lowest BCUT2D eigenvalue weighted by Gasteiger charge is -2.21. The molecule has 618 valence electrons. The van der Waals surface area contributed by atoms with E-state index >= 15 is 0 Å². The van der Waals surface area contributed by atoms with Gasteiger partial charge in [-0.15, -0.1) is 0 Å². The van der Waals surface area contributed by atoms with Crippen molar-refractivity contribution in [3.8, 4) is 0 Å². The second-order valence-electron chi connectivity index (χ2n) is 31.3. The zero-order valence-electron chi connectivity index (χ0n) is 68.3. The van der Waals surface area contributed by atoms with Crippen molar-refractivity contribution in [3.05, 3.63) is 0 Å². The first-order chi connectivity index (χ1) is 50.4. The van der Waals surface area contributed by atoms with Crippen molar-refractivity contribution in [2.45, 2.75) is 471 Å². The fourth-order valence-electron chi connectivity index (χ4n) is 13.2. The molecule has 3 N–H and O–H groups in total. The number of hydrogen-bond donors (Lipinski definition) is 3. The largest absolute Gasteiger partial charge is 0.472 e. The lowest BCUT2D eigenvalue weighted by Crippen LogP contribution is -2.30. The first-order valence-electron chi connectivity index (χ1n) is 44.0. The summed E-state index contributed by atoms with van der Waals surface area (Å²) in [4.78, 5) is 73.2. The first-order valence-corrected chi connectivity index (χ1v) is 47.0. The summed E-state index contributed by atoms with van der Waals surface area (Å²) in [6.45, 7) is 9.69. The molecule has 19 heteroatoms. The summed E-state index contributed by atoms with van der Waals surface area (Å²) in [6.07, 6.45) is 68.0. The molecule has 6 atom stereocenters. The maximum atomic E-state index is 13.1. The molecule has 104 heavy (non-hydrogen) atoms. The van der Waals surface area contributed by atoms with E-state index in [-0.39, 0.29) is 25.7 Å². The molecule has 0 aliphatic rings. The van der Waals surface area contributed by atoms with E-state index in [9.17, 15) is 43.2 Å². The van der Waals surface area contributed by atoms with Gasteiger partial charge in [0, 0.05) is 25.7 Å². The van der Waals surface area contributed by atoms with E-state index in [0.29, 0.717) is 25.7 Å². The summed E-state index contributed by atoms with van der Waals surface area (Å²) in [5, 5.41) is 10.7. The van der Waals surface area contributed by atoms with E-state index in [0.717, 1.165) is 102 Å². The second kappa shape index (κ2) is 76.4. The number of carbonyl (C=O) groups is 4. The first kappa shape index (κ1) is 102. The van der Waals surface area contributed by atoms with Crippen molar-refractivity contribution < 1.29 is 80.2 Å². The number of ether oxygens (including phenoxy) is 4. The lowest BCUT2D eigenvalue weighted by molar-refractivity contribution is -0.161. The second-order valence-corrected chi connectivity index (χ2v) is 34.2. The van der Waals surface area contributed by atoms with Crippen LogP contribution in [0.3, 0.4) is 0 Å². The molecule has 0 heterocycles. The Morgan fingerprint density at radius 2 is 0.490 bits per heavy atom. The Kier molecular flexibility index (Phi) is 75.0. The highest BCUT2D eigenvalue weighted by Crippen LogP contribution is 2.45. The summed E-state index contributed by atoms with van der Waals surface area (Å²) in [7, 11) is -9.93. The third-order valence-corrected chi connectivity index (χ3v) is 22.2. The molecule has 0 radical (unpaired) electrons. The fourth-order valence-corrected chi connectivity index (χ4v) is 14.8. The standard InChI is InChI=1S/C85H166O17P2/c1-7-10-12-14-16-18-20-22-23-24-25-26-27-28-33-36-40-44-51-57-63-69-84(89)101-80(73-95-83(88)68-62-56-50-43-39-35-32-30-29-31-34-37-41-47-53-59-65-77(4)5)75-99-103(91,92)97-71-79(86)72-98-104(93,94)100-76-81(102-85(90)70-64-58-52-46-45-48-54-60-66-78(6)9-3)74-96-82(87)67-61-55-49-42-38-21-19-17-15-13-11-8-2/h77-81,86H,7-76H2,1-6H3,(H,91,92)(H,93,94)/t78?,79-,80-,81-/m1/s1. The Hall–Kier alpha value is -1.94. The van der Waals surface area contributed by atoms with E-state index in [1.54, 1.807) is 0 Å². The third kappa shape index (κ3) is 76.8. The molecular weight excluding hydrogens is 1350 g/mol. The fraction of sp³-hybridized carbons (Fsp3) is 0.953. The molecule has 3 unspecified atom stereocenters. The Morgan fingerprint density at radius 1 is 0.279 bits per heavy atom. The van der Waals surface area contributed by atoms with Gasteiger partial charge in [-0.3, -0.25) is 37.3 Å². The van der Waals surface area contributed by atoms with Gasteiger partial charge in [0.1, 0.15) is 19.3 Å². The van der Waals surface area contributed by atoms with Gasteiger partial charge in [0.15, 0.2) is 12.2 Å². The number of unbranched alkanes of at least 4 members (excludes halogenated alkanes) is 53. The van der Waals surface area contributed by atoms with Crippen LogP contribution in [0.1, 0.15) is 452 Å². The molecule has 0 spiro atoms. The smallest absolute Gasteiger partial charge is 0.462 e. The monoisotopic (exact) mass is 1520 g/mol. The Labute approximate surface area is 638 Å². The minimum atomic E-state index is -4.97. The zero-order chi connectivity index (χ0) is 76.4. The van der Waals surface area contributed by atoms with Crippen LogP contribution in [-0.2, 0) is 65.4 Å². The maximum Gasteiger partial charge on any atom is 0.472 e. The highest BCUT2D eigenvalue weighted by Gasteiger charge is 2.30. The molecule has 0 amide bonds. The number of carbonyl (C=O) groups excluding carboxylic acids is 4. The molecule has 0 saturated heterocycles. The average molecular weight is 1520 g/mol. The lowest BCUT2D eigenvalue weighted by atomic mass is 9.99. The zero-order valence-corrected chi connectivity index (χ0v) is 70.1. The SMILES string of the molecule is CCCCCCCCCCCCCCCCCCCCCCCC(=O)O[C@H](COC(=O)CCCCCCCCCCCCCCCCCCC(C)C)COP(=O)(O)OC[C@@H](O)COP(=O)(O)OC[C@@H](COC(=O)CCCCCCCCCCCCCC)OC(=O)CCCCCCCCCCC(C)CC. The number of aliphatic hydroxyl groups excluding tert-OH is 1. The van der Waals surface area contributed by atoms with Gasteiger partial charge in [-0.2, -0.15) is 0 Å². The van der Waals surface area contributed by atoms with Gasteiger partial charge in [-0.25, -0.2) is 9.13 Å². The molecule has 0 aromatic rings. The van der Waals surface area contributed by atoms with Gasteiger partial charge >= 0.3 is 39.5 Å². The Bertz CT molecular complexity index is 2000. The maximum absolute atomic E-state index is 13.1. The predicted molar refractivity (Wildman–Crippen MR) is 428 cm³/mol. The molecule has 0 aromatic heterocycles. The summed E-state index contributed by atoms with van der Waals surface area (Å²) in [6, 6.07) is 0. The quantitative estimate of drug-likeness (QED) is 0.0222. The van der Waals surface area contributed by atoms with Crippen LogP contribution in [0.15, 0.2) is 0 Å². The Morgan fingerprint density at radius 3 is 0.731 bits per heavy atom. The number of phosphoric acid groups is 2. The summed E-state index contributed by atoms with van der Waals surface area (Å²) in [5.74, 6) is -0.523. The number of rotatable bonds is 84. The van der Waals surface area contributed by atoms with Crippen LogP contribution >= 0.6 is 15.6 Å². The van der Waals surface area contributed by atoms with Crippen LogP contribution < -0.4 is 0 Å². The topological polar surface area (TPSA) is 237 Å². The van der Waals surface area contributed by atoms with E-state index in [1.165, 1.54) is 270 Å². The molecule has 0 aliphatic carbocycles. The number of esters is 4. The van der Waals surface area contributed by atoms with Crippen molar-refractivity contribution in [3.63, 3.8) is 0 Å². The average Bonchev–Trinajstić information content (AvgIpc) is 0.911. The minimum Gasteiger partial charge on any atom is -0.462 e. The third-order valence-electron chi connectivity index (χ3n) is 20.3. The van der Waals surface area contributed by atoms with Crippen molar-refractivity contribution in [2.75, 3.05) is 39.6 Å². The molecule has 0 rings (SSSR count). The molecule has 0 aliphatic heterocycles. The van der Waals surface area contributed by atoms with Gasteiger partial charge in [-0.1, -0.05) is 401 Å². The van der Waals surface area contributed by atoms with Crippen LogP contribution in [0.25, 0.3) is 0 Å². The van der Waals surface area contributed by atoms with Gasteiger partial charge in [-0.05, 0) is 37.5 Å². The van der Waals surface area contributed by atoms with E-state index in [2.05, 4.69) is 41.5 Å². The number of aliphatic hydroxyl groups is 1. The van der Waals surface area contributed by atoms with E-state index in [1.807, 2.05) is 0 Å². The Balaban J connectivity index is 5.23. The van der Waals surface area contributed by atoms with Crippen molar-refractivity contribution in [1.82, 2.24) is 0 Å². The minimum absolute atomic E-state index is 0.106. The summed E-state index contributed by atoms with van der Waals surface area (Å²) >= 11 is 0. The molecular formula is C85H166O17P2. The van der Waals surface area contributed by atoms with Gasteiger partial charge in [0.25, 0.3) is 0 Å². The van der Waals surface area contributed by atoms with Crippen molar-refractivity contribution in [1.29, 1.82) is 0 Å². The number of phosphoric ester groups is 2. The van der Waals surface area contributed by atoms with Crippen LogP contribution in [-0.4, -0.2) is 96.7 Å². The normalized spacial score (nSPS) is 14.1. The van der Waals surface area contributed by atoms with Gasteiger partial charge < -0.3 is 33.8 Å². The molecule has 0 saturated carbocycles. The highest BCUT2D eigenvalue weighted by molar-refractivity contribution is 7.47.